The average molecular weight is 455 g/mol. The van der Waals surface area contributed by atoms with E-state index in [0.717, 1.165) is 12.0 Å². The van der Waals surface area contributed by atoms with Crippen molar-refractivity contribution in [1.82, 2.24) is 9.80 Å². The SMILES string of the molecule is CCCOc1ccc(C(O)=C2C(=O)C(=O)N(CCCN(C)C)[C@H]2c2ccccc2F)cc1C. The van der Waals surface area contributed by atoms with Crippen molar-refractivity contribution in [2.75, 3.05) is 33.8 Å². The van der Waals surface area contributed by atoms with E-state index in [1.165, 1.54) is 11.0 Å². The summed E-state index contributed by atoms with van der Waals surface area (Å²) in [6.07, 6.45) is 1.47. The highest BCUT2D eigenvalue weighted by Crippen LogP contribution is 2.40. The van der Waals surface area contributed by atoms with E-state index in [2.05, 4.69) is 0 Å². The van der Waals surface area contributed by atoms with E-state index in [4.69, 9.17) is 4.74 Å². The number of likely N-dealkylation sites (tertiary alicyclic amines) is 1. The van der Waals surface area contributed by atoms with Crippen LogP contribution in [0.3, 0.4) is 0 Å². The molecular formula is C26H31FN2O4. The third kappa shape index (κ3) is 5.25. The molecule has 1 atom stereocenters. The highest BCUT2D eigenvalue weighted by Gasteiger charge is 2.46. The van der Waals surface area contributed by atoms with Gasteiger partial charge in [-0.25, -0.2) is 4.39 Å². The van der Waals surface area contributed by atoms with Crippen LogP contribution in [0.1, 0.15) is 42.5 Å². The fraction of sp³-hybridized carbons (Fsp3) is 0.385. The number of ketones is 1. The van der Waals surface area contributed by atoms with E-state index >= 15 is 0 Å². The van der Waals surface area contributed by atoms with Gasteiger partial charge >= 0.3 is 0 Å². The molecule has 1 aliphatic rings. The van der Waals surface area contributed by atoms with Crippen molar-refractivity contribution in [2.45, 2.75) is 32.7 Å². The number of carbonyl (C=O) groups is 2. The number of carbonyl (C=O) groups excluding carboxylic acids is 2. The van der Waals surface area contributed by atoms with Crippen molar-refractivity contribution in [1.29, 1.82) is 0 Å². The number of amides is 1. The lowest BCUT2D eigenvalue weighted by molar-refractivity contribution is -0.140. The van der Waals surface area contributed by atoms with E-state index in [0.29, 0.717) is 30.9 Å². The van der Waals surface area contributed by atoms with Gasteiger partial charge in [0.25, 0.3) is 11.7 Å². The van der Waals surface area contributed by atoms with Crippen LogP contribution in [0.25, 0.3) is 5.76 Å². The molecule has 7 heteroatoms. The number of benzene rings is 2. The lowest BCUT2D eigenvalue weighted by atomic mass is 9.94. The topological polar surface area (TPSA) is 70.1 Å². The van der Waals surface area contributed by atoms with Crippen molar-refractivity contribution in [3.63, 3.8) is 0 Å². The van der Waals surface area contributed by atoms with Crippen molar-refractivity contribution in [2.24, 2.45) is 0 Å². The quantitative estimate of drug-likeness (QED) is 0.348. The standard InChI is InChI=1S/C26H31FN2O4/c1-5-15-33-21-12-11-18(16-17(21)2)24(30)22-23(19-9-6-7-10-20(19)27)29(26(32)25(22)31)14-8-13-28(3)4/h6-7,9-12,16,23,30H,5,8,13-15H2,1-4H3/t23-/m0/s1. The molecule has 0 aliphatic carbocycles. The number of nitrogens with zero attached hydrogens (tertiary/aromatic N) is 2. The lowest BCUT2D eigenvalue weighted by Gasteiger charge is -2.26. The van der Waals surface area contributed by atoms with E-state index in [9.17, 15) is 19.1 Å². The molecule has 1 N–H and O–H groups in total. The molecule has 1 saturated heterocycles. The number of halogens is 1. The fourth-order valence-electron chi connectivity index (χ4n) is 4.01. The Morgan fingerprint density at radius 3 is 2.55 bits per heavy atom. The van der Waals surface area contributed by atoms with Gasteiger partial charge in [-0.1, -0.05) is 25.1 Å². The van der Waals surface area contributed by atoms with Crippen LogP contribution in [0.5, 0.6) is 5.75 Å². The van der Waals surface area contributed by atoms with E-state index in [1.807, 2.05) is 32.8 Å². The van der Waals surface area contributed by atoms with Crippen LogP contribution < -0.4 is 4.74 Å². The molecule has 3 rings (SSSR count). The first kappa shape index (κ1) is 24.5. The smallest absolute Gasteiger partial charge is 0.295 e. The Kier molecular flexibility index (Phi) is 7.87. The average Bonchev–Trinajstić information content (AvgIpc) is 3.02. The minimum Gasteiger partial charge on any atom is -0.507 e. The zero-order valence-corrected chi connectivity index (χ0v) is 19.6. The molecule has 1 fully saturated rings. The summed E-state index contributed by atoms with van der Waals surface area (Å²) >= 11 is 0. The maximum Gasteiger partial charge on any atom is 0.295 e. The van der Waals surface area contributed by atoms with Gasteiger partial charge in [0, 0.05) is 17.7 Å². The molecule has 0 unspecified atom stereocenters. The Bertz CT molecular complexity index is 1060. The first-order chi connectivity index (χ1) is 15.8. The Hall–Kier alpha value is -3.19. The summed E-state index contributed by atoms with van der Waals surface area (Å²) < 4.78 is 20.5. The molecule has 2 aromatic rings. The zero-order valence-electron chi connectivity index (χ0n) is 19.6. The molecule has 2 aromatic carbocycles. The van der Waals surface area contributed by atoms with E-state index in [-0.39, 0.29) is 23.4 Å². The molecular weight excluding hydrogens is 423 g/mol. The fourth-order valence-corrected chi connectivity index (χ4v) is 4.01. The molecule has 0 aromatic heterocycles. The molecule has 0 spiro atoms. The largest absolute Gasteiger partial charge is 0.507 e. The maximum atomic E-state index is 14.8. The number of hydrogen-bond acceptors (Lipinski definition) is 5. The minimum atomic E-state index is -0.996. The number of hydrogen-bond donors (Lipinski definition) is 1. The van der Waals surface area contributed by atoms with Crippen molar-refractivity contribution < 1.29 is 23.8 Å². The van der Waals surface area contributed by atoms with Crippen molar-refractivity contribution in [3.8, 4) is 5.75 Å². The van der Waals surface area contributed by atoms with E-state index < -0.39 is 23.5 Å². The number of aryl methyl sites for hydroxylation is 1. The van der Waals surface area contributed by atoms with Gasteiger partial charge in [0.15, 0.2) is 0 Å². The summed E-state index contributed by atoms with van der Waals surface area (Å²) in [4.78, 5) is 29.3. The second-order valence-electron chi connectivity index (χ2n) is 8.50. The van der Waals surface area contributed by atoms with Crippen LogP contribution in [0.4, 0.5) is 4.39 Å². The number of rotatable bonds is 9. The molecule has 6 nitrogen and oxygen atoms in total. The van der Waals surface area contributed by atoms with Gasteiger partial charge in [-0.05, 0) is 70.2 Å². The van der Waals surface area contributed by atoms with Crippen molar-refractivity contribution in [3.05, 3.63) is 70.5 Å². The van der Waals surface area contributed by atoms with Crippen LogP contribution in [-0.2, 0) is 9.59 Å². The molecule has 33 heavy (non-hydrogen) atoms. The predicted molar refractivity (Wildman–Crippen MR) is 126 cm³/mol. The number of aliphatic hydroxyl groups excluding tert-OH is 1. The second-order valence-corrected chi connectivity index (χ2v) is 8.50. The third-order valence-electron chi connectivity index (χ3n) is 5.65. The van der Waals surface area contributed by atoms with Gasteiger partial charge in [-0.3, -0.25) is 9.59 Å². The van der Waals surface area contributed by atoms with Crippen LogP contribution in [0, 0.1) is 12.7 Å². The van der Waals surface area contributed by atoms with Crippen LogP contribution in [-0.4, -0.2) is 60.4 Å². The summed E-state index contributed by atoms with van der Waals surface area (Å²) in [5.74, 6) is -1.71. The summed E-state index contributed by atoms with van der Waals surface area (Å²) in [6.45, 7) is 5.38. The molecule has 1 aliphatic heterocycles. The predicted octanol–water partition coefficient (Wildman–Crippen LogP) is 4.30. The Labute approximate surface area is 194 Å². The monoisotopic (exact) mass is 454 g/mol. The molecule has 176 valence electrons. The van der Waals surface area contributed by atoms with Crippen LogP contribution >= 0.6 is 0 Å². The highest BCUT2D eigenvalue weighted by atomic mass is 19.1. The number of ether oxygens (including phenoxy) is 1. The molecule has 0 radical (unpaired) electrons. The summed E-state index contributed by atoms with van der Waals surface area (Å²) in [6, 6.07) is 10.1. The second kappa shape index (κ2) is 10.6. The molecule has 1 amide bonds. The van der Waals surface area contributed by atoms with Gasteiger partial charge in [-0.2, -0.15) is 0 Å². The van der Waals surface area contributed by atoms with Gasteiger partial charge < -0.3 is 19.6 Å². The Balaban J connectivity index is 2.08. The summed E-state index contributed by atoms with van der Waals surface area (Å²) in [7, 11) is 3.83. The third-order valence-corrected chi connectivity index (χ3v) is 5.65. The molecule has 0 saturated carbocycles. The van der Waals surface area contributed by atoms with Crippen LogP contribution in [0.2, 0.25) is 0 Å². The molecule has 0 bridgehead atoms. The Morgan fingerprint density at radius 1 is 1.18 bits per heavy atom. The summed E-state index contributed by atoms with van der Waals surface area (Å²) in [5.41, 5.74) is 1.25. The minimum absolute atomic E-state index is 0.100. The van der Waals surface area contributed by atoms with Gasteiger partial charge in [0.05, 0.1) is 18.2 Å². The van der Waals surface area contributed by atoms with Crippen LogP contribution in [0.15, 0.2) is 48.0 Å². The molecule has 1 heterocycles. The maximum absolute atomic E-state index is 14.8. The Morgan fingerprint density at radius 2 is 1.91 bits per heavy atom. The van der Waals surface area contributed by atoms with Gasteiger partial charge in [0.2, 0.25) is 0 Å². The number of Topliss-reactive ketones (excluding diaryl/α,β-unsaturated/α-hetero) is 1. The van der Waals surface area contributed by atoms with E-state index in [1.54, 1.807) is 36.4 Å². The van der Waals surface area contributed by atoms with Crippen molar-refractivity contribution >= 4 is 17.4 Å². The highest BCUT2D eigenvalue weighted by molar-refractivity contribution is 6.46. The lowest BCUT2D eigenvalue weighted by Crippen LogP contribution is -2.32. The first-order valence-electron chi connectivity index (χ1n) is 11.2. The zero-order chi connectivity index (χ0) is 24.1. The summed E-state index contributed by atoms with van der Waals surface area (Å²) in [5, 5.41) is 11.2. The van der Waals surface area contributed by atoms with Gasteiger partial charge in [-0.15, -0.1) is 0 Å². The first-order valence-corrected chi connectivity index (χ1v) is 11.2. The number of aliphatic hydroxyl groups is 1. The normalized spacial score (nSPS) is 17.8. The van der Waals surface area contributed by atoms with Gasteiger partial charge in [0.1, 0.15) is 17.3 Å².